The van der Waals surface area contributed by atoms with Crippen LogP contribution in [-0.4, -0.2) is 26.2 Å². The molecule has 1 aliphatic heterocycles. The molecule has 0 bridgehead atoms. The highest BCUT2D eigenvalue weighted by molar-refractivity contribution is 5.66. The highest BCUT2D eigenvalue weighted by Gasteiger charge is 2.40. The molecule has 1 atom stereocenters. The van der Waals surface area contributed by atoms with Gasteiger partial charge in [-0.15, -0.1) is 0 Å². The molecule has 0 N–H and O–H groups in total. The number of anilines is 1. The Kier molecular flexibility index (Phi) is 3.36. The lowest BCUT2D eigenvalue weighted by Crippen LogP contribution is -2.48. The molecule has 0 aromatic carbocycles. The van der Waals surface area contributed by atoms with E-state index in [9.17, 15) is 5.26 Å². The first kappa shape index (κ1) is 14.8. The molecule has 5 heteroatoms. The molecular weight excluding hydrogens is 274 g/mol. The summed E-state index contributed by atoms with van der Waals surface area (Å²) in [5.41, 5.74) is 3.55. The van der Waals surface area contributed by atoms with Gasteiger partial charge in [-0.05, 0) is 40.0 Å². The number of fused-ring (bicyclic) bond motifs is 3. The number of aryl methyl sites for hydroxylation is 1. The minimum Gasteiger partial charge on any atom is -0.348 e. The maximum absolute atomic E-state index is 9.28. The summed E-state index contributed by atoms with van der Waals surface area (Å²) in [7, 11) is 0. The minimum absolute atomic E-state index is 0.0470. The van der Waals surface area contributed by atoms with Gasteiger partial charge in [-0.2, -0.15) is 14.9 Å². The number of rotatable bonds is 3. The molecule has 0 aliphatic carbocycles. The molecule has 3 heterocycles. The molecular formula is C17H23N5. The fourth-order valence-electron chi connectivity index (χ4n) is 3.46. The Labute approximate surface area is 131 Å². The van der Waals surface area contributed by atoms with Crippen LogP contribution >= 0.6 is 0 Å². The highest BCUT2D eigenvalue weighted by atomic mass is 15.4. The average Bonchev–Trinajstić information content (AvgIpc) is 3.08. The van der Waals surface area contributed by atoms with Gasteiger partial charge in [0.1, 0.15) is 17.5 Å². The fraction of sp³-hybridized carbons (Fsp3) is 0.588. The zero-order valence-corrected chi connectivity index (χ0v) is 14.0. The number of aromatic nitrogens is 3. The third-order valence-corrected chi connectivity index (χ3v) is 5.07. The second-order valence-corrected chi connectivity index (χ2v) is 6.71. The molecule has 3 rings (SSSR count). The van der Waals surface area contributed by atoms with Crippen LogP contribution in [0.3, 0.4) is 0 Å². The van der Waals surface area contributed by atoms with Crippen molar-refractivity contribution >= 4 is 11.5 Å². The number of hydrogen-bond donors (Lipinski definition) is 0. The van der Waals surface area contributed by atoms with E-state index in [2.05, 4.69) is 48.7 Å². The quantitative estimate of drug-likeness (QED) is 0.872. The topological polar surface area (TPSA) is 57.2 Å². The minimum atomic E-state index is 0.0470. The summed E-state index contributed by atoms with van der Waals surface area (Å²) in [6.45, 7) is 11.1. The normalized spacial score (nSPS) is 17.8. The van der Waals surface area contributed by atoms with E-state index in [1.54, 1.807) is 6.20 Å². The summed E-state index contributed by atoms with van der Waals surface area (Å²) in [4.78, 5) is 7.14. The Balaban J connectivity index is 2.32. The second kappa shape index (κ2) is 4.98. The predicted octanol–water partition coefficient (Wildman–Crippen LogP) is 3.24. The Morgan fingerprint density at radius 3 is 2.73 bits per heavy atom. The second-order valence-electron chi connectivity index (χ2n) is 6.71. The zero-order valence-electron chi connectivity index (χ0n) is 14.0. The lowest BCUT2D eigenvalue weighted by atomic mass is 9.97. The van der Waals surface area contributed by atoms with Crippen molar-refractivity contribution in [2.24, 2.45) is 0 Å². The van der Waals surface area contributed by atoms with E-state index in [0.29, 0.717) is 17.3 Å². The first-order valence-corrected chi connectivity index (χ1v) is 8.01. The lowest BCUT2D eigenvalue weighted by Gasteiger charge is -2.41. The van der Waals surface area contributed by atoms with Crippen molar-refractivity contribution in [2.45, 2.75) is 65.5 Å². The van der Waals surface area contributed by atoms with E-state index in [1.807, 2.05) is 11.4 Å². The molecule has 0 saturated carbocycles. The highest BCUT2D eigenvalue weighted by Crippen LogP contribution is 2.41. The van der Waals surface area contributed by atoms with Crippen molar-refractivity contribution in [3.8, 4) is 6.07 Å². The summed E-state index contributed by atoms with van der Waals surface area (Å²) in [5.74, 6) is 1.13. The molecule has 1 aliphatic rings. The Morgan fingerprint density at radius 2 is 2.14 bits per heavy atom. The van der Waals surface area contributed by atoms with Crippen molar-refractivity contribution in [3.63, 3.8) is 0 Å². The Hall–Kier alpha value is -2.09. The molecule has 0 spiro atoms. The molecule has 0 saturated heterocycles. The summed E-state index contributed by atoms with van der Waals surface area (Å²) in [6.07, 6.45) is 4.77. The van der Waals surface area contributed by atoms with Gasteiger partial charge in [-0.3, -0.25) is 0 Å². The van der Waals surface area contributed by atoms with Crippen LogP contribution in [0, 0.1) is 18.3 Å². The van der Waals surface area contributed by atoms with Gasteiger partial charge in [-0.1, -0.05) is 13.8 Å². The fourth-order valence-corrected chi connectivity index (χ4v) is 3.46. The third-order valence-electron chi connectivity index (χ3n) is 5.07. The summed E-state index contributed by atoms with van der Waals surface area (Å²) < 4.78 is 1.87. The smallest absolute Gasteiger partial charge is 0.175 e. The SMILES string of the molecule is CCC1Cc2c(C)nc3c(C#N)cnn3c2N1C(C)(C)CC. The summed E-state index contributed by atoms with van der Waals surface area (Å²) in [6, 6.07) is 2.66. The van der Waals surface area contributed by atoms with Crippen LogP contribution in [0.15, 0.2) is 6.20 Å². The van der Waals surface area contributed by atoms with Crippen LogP contribution in [0.2, 0.25) is 0 Å². The molecule has 0 amide bonds. The molecule has 2 aromatic rings. The molecule has 22 heavy (non-hydrogen) atoms. The number of nitrogens with zero attached hydrogens (tertiary/aromatic N) is 5. The van der Waals surface area contributed by atoms with Gasteiger partial charge in [0, 0.05) is 22.8 Å². The maximum Gasteiger partial charge on any atom is 0.175 e. The van der Waals surface area contributed by atoms with Crippen molar-refractivity contribution in [1.82, 2.24) is 14.6 Å². The Morgan fingerprint density at radius 1 is 1.41 bits per heavy atom. The van der Waals surface area contributed by atoms with Crippen LogP contribution < -0.4 is 4.90 Å². The third kappa shape index (κ3) is 1.90. The lowest BCUT2D eigenvalue weighted by molar-refractivity contribution is 0.397. The molecule has 1 unspecified atom stereocenters. The van der Waals surface area contributed by atoms with Crippen molar-refractivity contribution in [2.75, 3.05) is 4.90 Å². The standard InChI is InChI=1S/C17H23N5/c1-6-13-8-14-11(3)20-15-12(9-18)10-19-22(15)16(14)21(13)17(4,5)7-2/h10,13H,6-8H2,1-5H3. The van der Waals surface area contributed by atoms with Gasteiger partial charge in [0.15, 0.2) is 5.65 Å². The van der Waals surface area contributed by atoms with Gasteiger partial charge in [0.25, 0.3) is 0 Å². The number of hydrogen-bond acceptors (Lipinski definition) is 4. The zero-order chi connectivity index (χ0) is 16.1. The van der Waals surface area contributed by atoms with E-state index in [-0.39, 0.29) is 5.54 Å². The summed E-state index contributed by atoms with van der Waals surface area (Å²) in [5, 5.41) is 13.7. The molecule has 5 nitrogen and oxygen atoms in total. The van der Waals surface area contributed by atoms with Crippen LogP contribution in [0.5, 0.6) is 0 Å². The van der Waals surface area contributed by atoms with Crippen LogP contribution in [0.1, 0.15) is 57.4 Å². The maximum atomic E-state index is 9.28. The van der Waals surface area contributed by atoms with Gasteiger partial charge < -0.3 is 4.90 Å². The number of nitriles is 1. The Bertz CT molecular complexity index is 765. The molecule has 0 radical (unpaired) electrons. The largest absolute Gasteiger partial charge is 0.348 e. The van der Waals surface area contributed by atoms with Crippen molar-refractivity contribution in [1.29, 1.82) is 5.26 Å². The van der Waals surface area contributed by atoms with Gasteiger partial charge in [-0.25, -0.2) is 4.98 Å². The first-order valence-electron chi connectivity index (χ1n) is 8.01. The van der Waals surface area contributed by atoms with Crippen LogP contribution in [0.4, 0.5) is 5.82 Å². The van der Waals surface area contributed by atoms with E-state index in [4.69, 9.17) is 0 Å². The van der Waals surface area contributed by atoms with E-state index in [1.165, 1.54) is 5.56 Å². The molecule has 0 fully saturated rings. The molecule has 2 aromatic heterocycles. The van der Waals surface area contributed by atoms with Crippen molar-refractivity contribution in [3.05, 3.63) is 23.0 Å². The first-order chi connectivity index (χ1) is 10.4. The van der Waals surface area contributed by atoms with Gasteiger partial charge >= 0.3 is 0 Å². The van der Waals surface area contributed by atoms with E-state index in [0.717, 1.165) is 30.8 Å². The van der Waals surface area contributed by atoms with Crippen LogP contribution in [-0.2, 0) is 6.42 Å². The predicted molar refractivity (Wildman–Crippen MR) is 87.1 cm³/mol. The molecule has 116 valence electrons. The van der Waals surface area contributed by atoms with Crippen molar-refractivity contribution < 1.29 is 0 Å². The summed E-state index contributed by atoms with van der Waals surface area (Å²) >= 11 is 0. The monoisotopic (exact) mass is 297 g/mol. The van der Waals surface area contributed by atoms with E-state index < -0.39 is 0 Å². The van der Waals surface area contributed by atoms with E-state index >= 15 is 0 Å². The average molecular weight is 297 g/mol. The van der Waals surface area contributed by atoms with Gasteiger partial charge in [0.2, 0.25) is 0 Å². The van der Waals surface area contributed by atoms with Crippen LogP contribution in [0.25, 0.3) is 5.65 Å². The van der Waals surface area contributed by atoms with Gasteiger partial charge in [0.05, 0.1) is 6.20 Å².